The lowest BCUT2D eigenvalue weighted by Gasteiger charge is -2.26. The average Bonchev–Trinajstić information content (AvgIpc) is 2.62. The predicted octanol–water partition coefficient (Wildman–Crippen LogP) is 4.22. The van der Waals surface area contributed by atoms with Crippen LogP contribution in [0, 0.1) is 0 Å². The lowest BCUT2D eigenvalue weighted by Crippen LogP contribution is -2.38. The molecule has 2 rings (SSSR count). The number of carbonyl (C=O) groups excluding carboxylic acids is 1. The summed E-state index contributed by atoms with van der Waals surface area (Å²) in [6.07, 6.45) is 1.00. The summed E-state index contributed by atoms with van der Waals surface area (Å²) in [4.78, 5) is 11.6. The summed E-state index contributed by atoms with van der Waals surface area (Å²) < 4.78 is 27.9. The number of sulfonamides is 1. The normalized spacial score (nSPS) is 13.4. The van der Waals surface area contributed by atoms with Gasteiger partial charge in [-0.1, -0.05) is 69.7 Å². The van der Waals surface area contributed by atoms with Gasteiger partial charge >= 0.3 is 0 Å². The van der Waals surface area contributed by atoms with E-state index in [1.54, 1.807) is 12.1 Å². The molecule has 0 unspecified atom stereocenters. The smallest absolute Gasteiger partial charge is 0.241 e. The van der Waals surface area contributed by atoms with Gasteiger partial charge in [0.05, 0.1) is 10.9 Å². The SMILES string of the molecule is CCC[C@H](NS(=O)(=O)c1cccc(C(C)(C)c2ccccc2)c1)C(=O)Cl. The molecular formula is C20H24ClNO3S. The molecular weight excluding hydrogens is 370 g/mol. The first kappa shape index (κ1) is 20.6. The summed E-state index contributed by atoms with van der Waals surface area (Å²) in [6, 6.07) is 15.8. The molecule has 0 saturated heterocycles. The number of carbonyl (C=O) groups is 1. The van der Waals surface area contributed by atoms with E-state index < -0.39 is 21.3 Å². The van der Waals surface area contributed by atoms with Crippen LogP contribution in [0.15, 0.2) is 59.5 Å². The van der Waals surface area contributed by atoms with Gasteiger partial charge in [0.1, 0.15) is 0 Å². The Balaban J connectivity index is 2.38. The fourth-order valence-electron chi connectivity index (χ4n) is 2.84. The van der Waals surface area contributed by atoms with Crippen LogP contribution in [0.3, 0.4) is 0 Å². The molecule has 140 valence electrons. The number of hydrogen-bond donors (Lipinski definition) is 1. The molecule has 1 N–H and O–H groups in total. The van der Waals surface area contributed by atoms with Gasteiger partial charge in [-0.05, 0) is 41.3 Å². The summed E-state index contributed by atoms with van der Waals surface area (Å²) >= 11 is 5.53. The second-order valence-electron chi connectivity index (χ2n) is 6.79. The van der Waals surface area contributed by atoms with Crippen LogP contribution in [0.4, 0.5) is 0 Å². The van der Waals surface area contributed by atoms with Crippen LogP contribution >= 0.6 is 11.6 Å². The molecule has 0 aliphatic rings. The third-order valence-electron chi connectivity index (χ3n) is 4.51. The first-order chi connectivity index (χ1) is 12.2. The van der Waals surface area contributed by atoms with Crippen molar-refractivity contribution in [2.75, 3.05) is 0 Å². The lowest BCUT2D eigenvalue weighted by atomic mass is 9.78. The Morgan fingerprint density at radius 1 is 1.08 bits per heavy atom. The van der Waals surface area contributed by atoms with E-state index >= 15 is 0 Å². The van der Waals surface area contributed by atoms with Crippen LogP contribution in [0.25, 0.3) is 0 Å². The van der Waals surface area contributed by atoms with Gasteiger partial charge in [-0.2, -0.15) is 4.72 Å². The van der Waals surface area contributed by atoms with Crippen LogP contribution < -0.4 is 4.72 Å². The zero-order chi connectivity index (χ0) is 19.4. The monoisotopic (exact) mass is 393 g/mol. The zero-order valence-electron chi connectivity index (χ0n) is 15.2. The molecule has 0 aromatic heterocycles. The van der Waals surface area contributed by atoms with Crippen molar-refractivity contribution in [1.82, 2.24) is 4.72 Å². The van der Waals surface area contributed by atoms with E-state index in [0.717, 1.165) is 11.1 Å². The molecule has 0 spiro atoms. The van der Waals surface area contributed by atoms with Crippen molar-refractivity contribution in [3.63, 3.8) is 0 Å². The quantitative estimate of drug-likeness (QED) is 0.683. The van der Waals surface area contributed by atoms with Gasteiger partial charge in [-0.25, -0.2) is 8.42 Å². The van der Waals surface area contributed by atoms with Gasteiger partial charge in [0.2, 0.25) is 15.3 Å². The predicted molar refractivity (Wildman–Crippen MR) is 105 cm³/mol. The van der Waals surface area contributed by atoms with Gasteiger partial charge in [-0.15, -0.1) is 0 Å². The molecule has 0 saturated carbocycles. The summed E-state index contributed by atoms with van der Waals surface area (Å²) in [5.74, 6) is 0. The molecule has 6 heteroatoms. The first-order valence-electron chi connectivity index (χ1n) is 8.56. The molecule has 0 aliphatic carbocycles. The van der Waals surface area contributed by atoms with Gasteiger partial charge in [0, 0.05) is 5.41 Å². The molecule has 0 bridgehead atoms. The highest BCUT2D eigenvalue weighted by molar-refractivity contribution is 7.89. The van der Waals surface area contributed by atoms with Crippen LogP contribution in [-0.4, -0.2) is 19.7 Å². The second kappa shape index (κ2) is 8.33. The Kier molecular flexibility index (Phi) is 6.61. The fourth-order valence-corrected chi connectivity index (χ4v) is 4.34. The average molecular weight is 394 g/mol. The molecule has 0 heterocycles. The van der Waals surface area contributed by atoms with Crippen molar-refractivity contribution >= 4 is 26.9 Å². The topological polar surface area (TPSA) is 63.2 Å². The minimum atomic E-state index is -3.85. The van der Waals surface area contributed by atoms with Crippen molar-refractivity contribution in [1.29, 1.82) is 0 Å². The maximum Gasteiger partial charge on any atom is 0.241 e. The number of hydrogen-bond acceptors (Lipinski definition) is 3. The Morgan fingerprint density at radius 3 is 2.27 bits per heavy atom. The lowest BCUT2D eigenvalue weighted by molar-refractivity contribution is -0.113. The van der Waals surface area contributed by atoms with Gasteiger partial charge in [-0.3, -0.25) is 4.79 Å². The third kappa shape index (κ3) is 4.72. The Morgan fingerprint density at radius 2 is 1.69 bits per heavy atom. The minimum absolute atomic E-state index is 0.123. The van der Waals surface area contributed by atoms with E-state index in [4.69, 9.17) is 11.6 Å². The van der Waals surface area contributed by atoms with Crippen molar-refractivity contribution in [3.05, 3.63) is 65.7 Å². The van der Waals surface area contributed by atoms with Gasteiger partial charge in [0.15, 0.2) is 0 Å². The van der Waals surface area contributed by atoms with Crippen molar-refractivity contribution in [2.45, 2.75) is 50.0 Å². The Hall–Kier alpha value is -1.69. The molecule has 0 fully saturated rings. The third-order valence-corrected chi connectivity index (χ3v) is 6.24. The summed E-state index contributed by atoms with van der Waals surface area (Å²) in [5.41, 5.74) is 1.59. The van der Waals surface area contributed by atoms with Gasteiger partial charge < -0.3 is 0 Å². The van der Waals surface area contributed by atoms with Crippen LogP contribution in [0.2, 0.25) is 0 Å². The first-order valence-corrected chi connectivity index (χ1v) is 10.4. The fraction of sp³-hybridized carbons (Fsp3) is 0.350. The van der Waals surface area contributed by atoms with E-state index in [-0.39, 0.29) is 10.3 Å². The highest BCUT2D eigenvalue weighted by Crippen LogP contribution is 2.32. The highest BCUT2D eigenvalue weighted by Gasteiger charge is 2.27. The summed E-state index contributed by atoms with van der Waals surface area (Å²) in [7, 11) is -3.85. The maximum atomic E-state index is 12.7. The second-order valence-corrected chi connectivity index (χ2v) is 8.87. The Bertz CT molecular complexity index is 864. The Labute approximate surface area is 160 Å². The number of halogens is 1. The number of nitrogens with one attached hydrogen (secondary N) is 1. The van der Waals surface area contributed by atoms with E-state index in [1.165, 1.54) is 6.07 Å². The standard InChI is InChI=1S/C20H24ClNO3S/c1-4-9-18(19(21)23)22-26(24,25)17-13-8-12-16(14-17)20(2,3)15-10-6-5-7-11-15/h5-8,10-14,18,22H,4,9H2,1-3H3/t18-/m0/s1. The molecule has 26 heavy (non-hydrogen) atoms. The van der Waals surface area contributed by atoms with Crippen molar-refractivity contribution in [2.24, 2.45) is 0 Å². The molecule has 0 radical (unpaired) electrons. The molecule has 0 aliphatic heterocycles. The van der Waals surface area contributed by atoms with Crippen LogP contribution in [0.1, 0.15) is 44.7 Å². The molecule has 2 aromatic rings. The zero-order valence-corrected chi connectivity index (χ0v) is 16.8. The number of rotatable bonds is 8. The van der Waals surface area contributed by atoms with E-state index in [1.807, 2.05) is 57.2 Å². The van der Waals surface area contributed by atoms with E-state index in [0.29, 0.717) is 12.8 Å². The summed E-state index contributed by atoms with van der Waals surface area (Å²) in [5, 5.41) is -0.698. The van der Waals surface area contributed by atoms with Crippen LogP contribution in [0.5, 0.6) is 0 Å². The maximum absolute atomic E-state index is 12.7. The minimum Gasteiger partial charge on any atom is -0.279 e. The van der Waals surface area contributed by atoms with Gasteiger partial charge in [0.25, 0.3) is 0 Å². The highest BCUT2D eigenvalue weighted by atomic mass is 35.5. The van der Waals surface area contributed by atoms with E-state index in [9.17, 15) is 13.2 Å². The van der Waals surface area contributed by atoms with Crippen molar-refractivity contribution in [3.8, 4) is 0 Å². The number of benzene rings is 2. The van der Waals surface area contributed by atoms with E-state index in [2.05, 4.69) is 4.72 Å². The molecule has 0 amide bonds. The molecule has 1 atom stereocenters. The van der Waals surface area contributed by atoms with Crippen molar-refractivity contribution < 1.29 is 13.2 Å². The summed E-state index contributed by atoms with van der Waals surface area (Å²) in [6.45, 7) is 5.96. The largest absolute Gasteiger partial charge is 0.279 e. The van der Waals surface area contributed by atoms with Crippen LogP contribution in [-0.2, 0) is 20.2 Å². The molecule has 4 nitrogen and oxygen atoms in total. The molecule has 2 aromatic carbocycles.